The lowest BCUT2D eigenvalue weighted by Crippen LogP contribution is -2.13. The van der Waals surface area contributed by atoms with E-state index < -0.39 is 10.0 Å². The summed E-state index contributed by atoms with van der Waals surface area (Å²) in [5.74, 6) is -0.0000203. The third kappa shape index (κ3) is 3.18. The maximum Gasteiger partial charge on any atom is 0.267 e. The van der Waals surface area contributed by atoms with Gasteiger partial charge in [0, 0.05) is 22.0 Å². The minimum absolute atomic E-state index is 0.0000203. The van der Waals surface area contributed by atoms with E-state index in [1.165, 1.54) is 10.9 Å². The molecule has 0 aliphatic rings. The lowest BCUT2D eigenvalue weighted by atomic mass is 10.3. The fourth-order valence-electron chi connectivity index (χ4n) is 1.55. The first kappa shape index (κ1) is 14.1. The second kappa shape index (κ2) is 5.37. The minimum Gasteiger partial charge on any atom is -0.381 e. The number of rotatable bonds is 4. The molecule has 0 aliphatic heterocycles. The van der Waals surface area contributed by atoms with Crippen LogP contribution >= 0.6 is 22.6 Å². The van der Waals surface area contributed by atoms with E-state index in [9.17, 15) is 8.42 Å². The zero-order chi connectivity index (χ0) is 14.0. The summed E-state index contributed by atoms with van der Waals surface area (Å²) in [6.45, 7) is 2.42. The number of nitrogens with two attached hydrogens (primary N) is 1. The van der Waals surface area contributed by atoms with Crippen LogP contribution < -0.4 is 10.5 Å². The van der Waals surface area contributed by atoms with Crippen LogP contribution in [0.1, 0.15) is 6.92 Å². The molecule has 0 aliphatic carbocycles. The Hall–Kier alpha value is -1.29. The van der Waals surface area contributed by atoms with Crippen molar-refractivity contribution < 1.29 is 8.42 Å². The van der Waals surface area contributed by atoms with Gasteiger partial charge in [-0.15, -0.1) is 0 Å². The first-order chi connectivity index (χ1) is 8.92. The number of halogens is 1. The highest BCUT2D eigenvalue weighted by Crippen LogP contribution is 2.21. The molecule has 3 N–H and O–H groups in total. The average molecular weight is 392 g/mol. The molecule has 0 spiro atoms. The van der Waals surface area contributed by atoms with Crippen LogP contribution in [0, 0.1) is 3.57 Å². The molecule has 8 heteroatoms. The standard InChI is InChI=1S/C11H13IN4O2S/c1-2-16-7-10(11(13)14-16)19(17,18)15-9-5-3-4-8(12)6-9/h3-7,15H,2H2,1H3,(H2,13,14). The van der Waals surface area contributed by atoms with Gasteiger partial charge in [-0.1, -0.05) is 6.07 Å². The molecule has 19 heavy (non-hydrogen) atoms. The smallest absolute Gasteiger partial charge is 0.267 e. The van der Waals surface area contributed by atoms with Gasteiger partial charge >= 0.3 is 0 Å². The molecule has 2 aromatic rings. The van der Waals surface area contributed by atoms with Crippen molar-refractivity contribution in [1.29, 1.82) is 0 Å². The van der Waals surface area contributed by atoms with Crippen molar-refractivity contribution in [1.82, 2.24) is 9.78 Å². The Morgan fingerprint density at radius 1 is 1.47 bits per heavy atom. The molecule has 0 unspecified atom stereocenters. The van der Waals surface area contributed by atoms with E-state index in [4.69, 9.17) is 5.73 Å². The van der Waals surface area contributed by atoms with Gasteiger partial charge in [-0.3, -0.25) is 9.40 Å². The number of nitrogens with zero attached hydrogens (tertiary/aromatic N) is 2. The zero-order valence-corrected chi connectivity index (χ0v) is 13.1. The molecule has 0 radical (unpaired) electrons. The van der Waals surface area contributed by atoms with Crippen LogP contribution in [0.15, 0.2) is 35.4 Å². The summed E-state index contributed by atoms with van der Waals surface area (Å²) in [6.07, 6.45) is 1.42. The predicted molar refractivity (Wildman–Crippen MR) is 82.3 cm³/mol. The van der Waals surface area contributed by atoms with Crippen molar-refractivity contribution in [2.45, 2.75) is 18.4 Å². The SMILES string of the molecule is CCn1cc(S(=O)(=O)Nc2cccc(I)c2)c(N)n1. The summed E-state index contributed by atoms with van der Waals surface area (Å²) in [7, 11) is -3.71. The van der Waals surface area contributed by atoms with E-state index in [1.807, 2.05) is 13.0 Å². The highest BCUT2D eigenvalue weighted by atomic mass is 127. The van der Waals surface area contributed by atoms with Crippen molar-refractivity contribution in [3.63, 3.8) is 0 Å². The van der Waals surface area contributed by atoms with E-state index in [1.54, 1.807) is 18.2 Å². The number of nitrogen functional groups attached to an aromatic ring is 1. The summed E-state index contributed by atoms with van der Waals surface area (Å²) in [6, 6.07) is 7.07. The quantitative estimate of drug-likeness (QED) is 0.778. The van der Waals surface area contributed by atoms with Gasteiger partial charge in [-0.2, -0.15) is 5.10 Å². The molecular weight excluding hydrogens is 379 g/mol. The fraction of sp³-hybridized carbons (Fsp3) is 0.182. The molecule has 1 aromatic carbocycles. The van der Waals surface area contributed by atoms with E-state index in [-0.39, 0.29) is 10.7 Å². The van der Waals surface area contributed by atoms with Crippen molar-refractivity contribution in [2.24, 2.45) is 0 Å². The lowest BCUT2D eigenvalue weighted by Gasteiger charge is -2.06. The second-order valence-electron chi connectivity index (χ2n) is 3.85. The van der Waals surface area contributed by atoms with Gasteiger partial charge in [-0.25, -0.2) is 8.42 Å². The Kier molecular flexibility index (Phi) is 3.99. The number of benzene rings is 1. The van der Waals surface area contributed by atoms with Gasteiger partial charge in [0.25, 0.3) is 10.0 Å². The van der Waals surface area contributed by atoms with Gasteiger partial charge in [0.15, 0.2) is 5.82 Å². The normalized spacial score (nSPS) is 11.5. The first-order valence-corrected chi connectivity index (χ1v) is 8.10. The average Bonchev–Trinajstić information content (AvgIpc) is 2.71. The van der Waals surface area contributed by atoms with E-state index in [0.29, 0.717) is 12.2 Å². The van der Waals surface area contributed by atoms with Gasteiger partial charge < -0.3 is 5.73 Å². The minimum atomic E-state index is -3.71. The molecule has 2 rings (SSSR count). The number of anilines is 2. The van der Waals surface area contributed by atoms with Crippen molar-refractivity contribution in [3.05, 3.63) is 34.0 Å². The molecular formula is C11H13IN4O2S. The van der Waals surface area contributed by atoms with Crippen LogP contribution in [0.3, 0.4) is 0 Å². The van der Waals surface area contributed by atoms with Gasteiger partial charge in [0.1, 0.15) is 4.90 Å². The lowest BCUT2D eigenvalue weighted by molar-refractivity contribution is 0.600. The maximum atomic E-state index is 12.2. The van der Waals surface area contributed by atoms with Crippen LogP contribution in [0.25, 0.3) is 0 Å². The first-order valence-electron chi connectivity index (χ1n) is 5.53. The number of sulfonamides is 1. The Balaban J connectivity index is 2.34. The van der Waals surface area contributed by atoms with Gasteiger partial charge in [0.05, 0.1) is 0 Å². The number of aryl methyl sites for hydroxylation is 1. The van der Waals surface area contributed by atoms with Gasteiger partial charge in [-0.05, 0) is 47.7 Å². The molecule has 1 heterocycles. The Morgan fingerprint density at radius 2 is 2.21 bits per heavy atom. The second-order valence-corrected chi connectivity index (χ2v) is 6.75. The monoisotopic (exact) mass is 392 g/mol. The molecule has 0 bridgehead atoms. The summed E-state index contributed by atoms with van der Waals surface area (Å²) in [5.41, 5.74) is 6.13. The number of nitrogens with one attached hydrogen (secondary N) is 1. The molecule has 6 nitrogen and oxygen atoms in total. The van der Waals surface area contributed by atoms with Crippen molar-refractivity contribution in [2.75, 3.05) is 10.5 Å². The maximum absolute atomic E-state index is 12.2. The van der Waals surface area contributed by atoms with Crippen LogP contribution in [0.4, 0.5) is 11.5 Å². The van der Waals surface area contributed by atoms with E-state index >= 15 is 0 Å². The third-order valence-electron chi connectivity index (χ3n) is 2.45. The summed E-state index contributed by atoms with van der Waals surface area (Å²) < 4.78 is 29.3. The Labute approximate surface area is 125 Å². The molecule has 0 atom stereocenters. The number of hydrogen-bond donors (Lipinski definition) is 2. The highest BCUT2D eigenvalue weighted by Gasteiger charge is 2.21. The van der Waals surface area contributed by atoms with Crippen LogP contribution in [-0.4, -0.2) is 18.2 Å². The number of aromatic nitrogens is 2. The van der Waals surface area contributed by atoms with Crippen molar-refractivity contribution in [3.8, 4) is 0 Å². The number of hydrogen-bond acceptors (Lipinski definition) is 4. The molecule has 0 saturated heterocycles. The fourth-order valence-corrected chi connectivity index (χ4v) is 3.22. The third-order valence-corrected chi connectivity index (χ3v) is 4.51. The van der Waals surface area contributed by atoms with Gasteiger partial charge in [0.2, 0.25) is 0 Å². The predicted octanol–water partition coefficient (Wildman–Crippen LogP) is 1.89. The molecule has 102 valence electrons. The topological polar surface area (TPSA) is 90.0 Å². The zero-order valence-electron chi connectivity index (χ0n) is 10.2. The highest BCUT2D eigenvalue weighted by molar-refractivity contribution is 14.1. The largest absolute Gasteiger partial charge is 0.381 e. The molecule has 1 aromatic heterocycles. The molecule has 0 amide bonds. The summed E-state index contributed by atoms with van der Waals surface area (Å²) in [5, 5.41) is 3.93. The Bertz CT molecular complexity index is 696. The van der Waals surface area contributed by atoms with E-state index in [0.717, 1.165) is 3.57 Å². The van der Waals surface area contributed by atoms with Crippen LogP contribution in [-0.2, 0) is 16.6 Å². The Morgan fingerprint density at radius 3 is 2.79 bits per heavy atom. The molecule has 0 fully saturated rings. The summed E-state index contributed by atoms with van der Waals surface area (Å²) >= 11 is 2.11. The summed E-state index contributed by atoms with van der Waals surface area (Å²) in [4.78, 5) is -0.00629. The van der Waals surface area contributed by atoms with Crippen LogP contribution in [0.2, 0.25) is 0 Å². The van der Waals surface area contributed by atoms with Crippen molar-refractivity contribution >= 4 is 44.1 Å². The van der Waals surface area contributed by atoms with E-state index in [2.05, 4.69) is 32.4 Å². The molecule has 0 saturated carbocycles. The van der Waals surface area contributed by atoms with Crippen LogP contribution in [0.5, 0.6) is 0 Å².